The van der Waals surface area contributed by atoms with Crippen LogP contribution in [0.4, 0.5) is 0 Å². The molecule has 0 fully saturated rings. The second-order valence-electron chi connectivity index (χ2n) is 7.79. The summed E-state index contributed by atoms with van der Waals surface area (Å²) in [4.78, 5) is 11.5. The minimum atomic E-state index is -4.94. The van der Waals surface area contributed by atoms with Crippen molar-refractivity contribution in [1.29, 1.82) is 10.5 Å². The number of aromatic nitrogens is 2. The van der Waals surface area contributed by atoms with Crippen molar-refractivity contribution in [2.75, 3.05) is 0 Å². The zero-order valence-electron chi connectivity index (χ0n) is 23.2. The minimum Gasteiger partial charge on any atom is -0.508 e. The molecule has 0 atom stereocenters. The fraction of sp³-hybridized carbons (Fsp3) is 0.185. The Labute approximate surface area is 268 Å². The third-order valence-electron chi connectivity index (χ3n) is 4.54. The van der Waals surface area contributed by atoms with Gasteiger partial charge in [-0.05, 0) is 30.3 Å². The monoisotopic (exact) mass is 698 g/mol. The number of para-hydroxylation sites is 2. The van der Waals surface area contributed by atoms with Crippen LogP contribution in [-0.4, -0.2) is 20.0 Å². The number of nitrogens with zero attached hydrogens (tertiary/aromatic N) is 5. The van der Waals surface area contributed by atoms with Crippen LogP contribution >= 0.6 is 0 Å². The Morgan fingerprint density at radius 3 is 1.68 bits per heavy atom. The molecule has 239 valence electrons. The van der Waals surface area contributed by atoms with Crippen molar-refractivity contribution in [3.05, 3.63) is 102 Å². The zero-order chi connectivity index (χ0) is 32.9. The fourth-order valence-electron chi connectivity index (χ4n) is 3.20. The van der Waals surface area contributed by atoms with Gasteiger partial charge in [0, 0.05) is 50.6 Å². The van der Waals surface area contributed by atoms with Gasteiger partial charge in [0.2, 0.25) is 0 Å². The molecule has 2 heterocycles. The molecule has 0 saturated heterocycles. The summed E-state index contributed by atoms with van der Waals surface area (Å²) in [5.74, 6) is 0.315. The molecule has 0 bridgehead atoms. The van der Waals surface area contributed by atoms with Gasteiger partial charge in [-0.2, -0.15) is 10.5 Å². The summed E-state index contributed by atoms with van der Waals surface area (Å²) in [6.45, 7) is 4.84. The van der Waals surface area contributed by atoms with Crippen molar-refractivity contribution in [2.45, 2.75) is 33.5 Å². The first kappa shape index (κ1) is 42.7. The van der Waals surface area contributed by atoms with Gasteiger partial charge < -0.3 is 5.11 Å². The van der Waals surface area contributed by atoms with Gasteiger partial charge in [-0.25, -0.2) is 37.3 Å². The molecule has 0 aliphatic rings. The van der Waals surface area contributed by atoms with Crippen LogP contribution in [-0.2, 0) is 36.7 Å². The van der Waals surface area contributed by atoms with Crippen LogP contribution in [0, 0.1) is 43.1 Å². The number of nitriles is 2. The zero-order valence-corrected chi connectivity index (χ0v) is 25.7. The van der Waals surface area contributed by atoms with Crippen LogP contribution in [0.5, 0.6) is 5.75 Å². The van der Waals surface area contributed by atoms with E-state index in [0.29, 0.717) is 25.4 Å². The number of hydrogen-bond acceptors (Lipinski definition) is 14. The molecule has 0 spiro atoms. The molecule has 0 saturated carbocycles. The van der Waals surface area contributed by atoms with Crippen LogP contribution in [0.1, 0.15) is 30.8 Å². The van der Waals surface area contributed by atoms with Crippen LogP contribution in [0.3, 0.4) is 0 Å². The maximum atomic E-state index is 10.2. The van der Waals surface area contributed by atoms with Gasteiger partial charge in [-0.3, -0.25) is 14.9 Å². The summed E-state index contributed by atoms with van der Waals surface area (Å²) in [5, 5.41) is 26.0. The topological polar surface area (TPSA) is 281 Å². The first-order valence-electron chi connectivity index (χ1n) is 11.7. The number of halogens is 2. The summed E-state index contributed by atoms with van der Waals surface area (Å²) in [5.41, 5.74) is 3.89. The molecule has 44 heavy (non-hydrogen) atoms. The molecule has 14 nitrogen and oxygen atoms in total. The average molecular weight is 700 g/mol. The summed E-state index contributed by atoms with van der Waals surface area (Å²) in [6.07, 6.45) is 1.81. The van der Waals surface area contributed by atoms with E-state index in [-0.39, 0.29) is 17.1 Å². The number of hydrogen-bond donors (Lipinski definition) is 1. The molecule has 0 aliphatic heterocycles. The van der Waals surface area contributed by atoms with Gasteiger partial charge in [-0.15, -0.1) is 20.5 Å². The Morgan fingerprint density at radius 1 is 0.682 bits per heavy atom. The third-order valence-corrected chi connectivity index (χ3v) is 4.54. The van der Waals surface area contributed by atoms with Crippen molar-refractivity contribution in [3.8, 4) is 17.9 Å². The second kappa shape index (κ2) is 23.0. The van der Waals surface area contributed by atoms with E-state index >= 15 is 0 Å². The predicted octanol–water partition coefficient (Wildman–Crippen LogP) is -3.92. The molecule has 0 amide bonds. The van der Waals surface area contributed by atoms with E-state index in [0.717, 1.165) is 27.9 Å². The quantitative estimate of drug-likeness (QED) is 0.188. The summed E-state index contributed by atoms with van der Waals surface area (Å²) >= 11 is 0. The Kier molecular flexibility index (Phi) is 22.3. The first-order valence-corrected chi connectivity index (χ1v) is 14.2. The SMILES string of the molecule is CC#N.CC#N.Oc1ccccc1CN(Cc1ccccn1)Cc1ccc2ccccc2n1.[Cu+2].[O-][Cl+3]([O-])([O-])[O-].[O-][Cl+3]([O-])([O-])[O-]. The van der Waals surface area contributed by atoms with Crippen molar-refractivity contribution in [2.24, 2.45) is 0 Å². The van der Waals surface area contributed by atoms with Gasteiger partial charge in [-0.1, -0.05) is 48.5 Å². The van der Waals surface area contributed by atoms with E-state index < -0.39 is 20.5 Å². The van der Waals surface area contributed by atoms with Gasteiger partial charge >= 0.3 is 17.1 Å². The van der Waals surface area contributed by atoms with E-state index in [4.69, 9.17) is 52.8 Å². The van der Waals surface area contributed by atoms with Crippen molar-refractivity contribution in [1.82, 2.24) is 14.9 Å². The van der Waals surface area contributed by atoms with Gasteiger partial charge in [0.15, 0.2) is 0 Å². The maximum absolute atomic E-state index is 10.2. The minimum absolute atomic E-state index is 0. The predicted molar refractivity (Wildman–Crippen MR) is 130 cm³/mol. The summed E-state index contributed by atoms with van der Waals surface area (Å²) in [7, 11) is -9.89. The Balaban J connectivity index is 0. The second-order valence-corrected chi connectivity index (χ2v) is 9.31. The molecule has 0 unspecified atom stereocenters. The molecular formula is C27H27Cl2CuN5O9. The van der Waals surface area contributed by atoms with Gasteiger partial charge in [0.1, 0.15) is 5.75 Å². The van der Waals surface area contributed by atoms with Gasteiger partial charge in [0.05, 0.1) is 29.0 Å². The van der Waals surface area contributed by atoms with Crippen molar-refractivity contribution < 1.29 is 79.9 Å². The van der Waals surface area contributed by atoms with E-state index in [1.54, 1.807) is 18.2 Å². The van der Waals surface area contributed by atoms with E-state index in [9.17, 15) is 5.11 Å². The number of pyridine rings is 2. The molecule has 2 aromatic heterocycles. The number of phenolic OH excluding ortho intramolecular Hbond substituents is 1. The van der Waals surface area contributed by atoms with Crippen LogP contribution in [0.25, 0.3) is 10.9 Å². The smallest absolute Gasteiger partial charge is 0.508 e. The van der Waals surface area contributed by atoms with Crippen LogP contribution in [0.15, 0.2) is 85.1 Å². The molecular weight excluding hydrogens is 673 g/mol. The summed E-state index contributed by atoms with van der Waals surface area (Å²) < 4.78 is 67.9. The largest absolute Gasteiger partial charge is 2.00 e. The molecule has 4 aromatic rings. The number of rotatable bonds is 6. The van der Waals surface area contributed by atoms with E-state index in [1.807, 2.05) is 60.8 Å². The normalized spacial score (nSPS) is 9.93. The molecule has 4 rings (SSSR count). The molecule has 1 radical (unpaired) electrons. The number of fused-ring (bicyclic) bond motifs is 1. The number of phenols is 1. The van der Waals surface area contributed by atoms with E-state index in [2.05, 4.69) is 28.1 Å². The standard InChI is InChI=1S/C23H21N3O.2C2H3N.2ClHO4.Cu/c27-23-11-4-2-8-19(23)15-26(16-20-9-5-6-14-24-20)17-21-13-12-18-7-1-3-10-22(18)25-21;2*1-2-3;2*2-1(3,4)5;/h1-14,27H,15-17H2;2*1H3;2*(H,2,3,4,5);/q;;;;;+2/p-2. The Bertz CT molecular complexity index is 1400. The van der Waals surface area contributed by atoms with E-state index in [1.165, 1.54) is 13.8 Å². The molecule has 2 aromatic carbocycles. The van der Waals surface area contributed by atoms with Crippen LogP contribution < -0.4 is 37.3 Å². The fourth-order valence-corrected chi connectivity index (χ4v) is 3.20. The van der Waals surface area contributed by atoms with Crippen molar-refractivity contribution >= 4 is 10.9 Å². The maximum Gasteiger partial charge on any atom is 2.00 e. The van der Waals surface area contributed by atoms with Gasteiger partial charge in [0.25, 0.3) is 0 Å². The molecule has 1 N–H and O–H groups in total. The average Bonchev–Trinajstić information content (AvgIpc) is 2.90. The Morgan fingerprint density at radius 2 is 1.16 bits per heavy atom. The number of aromatic hydroxyl groups is 1. The molecule has 17 heteroatoms. The Hall–Kier alpha value is -3.48. The number of benzene rings is 2. The summed E-state index contributed by atoms with van der Waals surface area (Å²) in [6, 6.07) is 29.2. The first-order chi connectivity index (χ1) is 20.1. The third kappa shape index (κ3) is 24.0. The van der Waals surface area contributed by atoms with Crippen LogP contribution in [0.2, 0.25) is 0 Å². The van der Waals surface area contributed by atoms with Crippen molar-refractivity contribution in [3.63, 3.8) is 0 Å². The molecule has 0 aliphatic carbocycles.